The molecule has 1 aliphatic rings. The van der Waals surface area contributed by atoms with Crippen molar-refractivity contribution in [2.45, 2.75) is 63.5 Å². The normalized spacial score (nSPS) is 18.2. The number of nitrogens with one attached hydrogen (secondary N) is 1. The Morgan fingerprint density at radius 1 is 0.907 bits per heavy atom. The molecular weight excluding hydrogens is 651 g/mol. The number of ether oxygens (including phenoxy) is 3. The van der Waals surface area contributed by atoms with Crippen LogP contribution in [0.5, 0.6) is 6.01 Å². The second kappa shape index (κ2) is 15.3. The van der Waals surface area contributed by atoms with E-state index in [9.17, 15) is 9.59 Å². The summed E-state index contributed by atoms with van der Waals surface area (Å²) in [6, 6.07) is 13.0. The lowest BCUT2D eigenvalue weighted by atomic mass is 10.2. The molecule has 232 valence electrons. The summed E-state index contributed by atoms with van der Waals surface area (Å²) in [7, 11) is -3.08. The smallest absolute Gasteiger partial charge is 0.338 e. The van der Waals surface area contributed by atoms with Crippen molar-refractivity contribution in [3.05, 3.63) is 76.0 Å². The van der Waals surface area contributed by atoms with Gasteiger partial charge in [0, 0.05) is 16.5 Å². The molecule has 2 aromatic carbocycles. The van der Waals surface area contributed by atoms with E-state index in [1.54, 1.807) is 48.5 Å². The van der Waals surface area contributed by atoms with Gasteiger partial charge >= 0.3 is 17.9 Å². The number of carbonyl (C=O) groups excluding carboxylic acids is 2. The van der Waals surface area contributed by atoms with E-state index in [-0.39, 0.29) is 6.61 Å². The number of hydrogen-bond acceptors (Lipinski definition) is 10. The van der Waals surface area contributed by atoms with Crippen LogP contribution in [0.3, 0.4) is 0 Å². The van der Waals surface area contributed by atoms with E-state index >= 15 is 0 Å². The van der Waals surface area contributed by atoms with Crippen molar-refractivity contribution in [1.82, 2.24) is 15.0 Å². The summed E-state index contributed by atoms with van der Waals surface area (Å²) in [5.41, 5.74) is 0.0797. The Morgan fingerprint density at radius 2 is 1.47 bits per heavy atom. The van der Waals surface area contributed by atoms with E-state index in [0.717, 1.165) is 0 Å². The number of halogens is 3. The molecule has 2 heterocycles. The van der Waals surface area contributed by atoms with Gasteiger partial charge in [-0.2, -0.15) is 9.97 Å². The third-order valence-electron chi connectivity index (χ3n) is 5.39. The van der Waals surface area contributed by atoms with E-state index in [1.807, 2.05) is 0 Å². The molecule has 15 heteroatoms. The molecule has 0 amide bonds. The maximum Gasteiger partial charge on any atom is 0.338 e. The largest absolute Gasteiger partial charge is 0.518 e. The van der Waals surface area contributed by atoms with Crippen LogP contribution < -0.4 is 9.41 Å². The first-order valence-corrected chi connectivity index (χ1v) is 21.5. The molecule has 0 radical (unpaired) electrons. The van der Waals surface area contributed by atoms with Crippen LogP contribution >= 0.6 is 34.8 Å². The fourth-order valence-corrected chi connectivity index (χ4v) is 5.55. The minimum Gasteiger partial charge on any atom is -0.518 e. The van der Waals surface area contributed by atoms with Gasteiger partial charge < -0.3 is 23.6 Å². The van der Waals surface area contributed by atoms with Crippen molar-refractivity contribution in [3.8, 4) is 6.01 Å². The lowest BCUT2D eigenvalue weighted by Gasteiger charge is -2.20. The van der Waals surface area contributed by atoms with Gasteiger partial charge in [0.1, 0.15) is 38.9 Å². The number of nitrogens with zero attached hydrogens (tertiary/aromatic N) is 3. The molecule has 1 fully saturated rings. The highest BCUT2D eigenvalue weighted by Gasteiger charge is 2.38. The van der Waals surface area contributed by atoms with E-state index in [0.29, 0.717) is 39.6 Å². The number of benzene rings is 2. The SMILES string of the molecule is C[Si](C)(C)Nc1ncnc(O[Si](C)(C)C)n1.O=C(OC[C@H]1O[C@H](Cl)C[C@@H]1OC(=O)c1ccc(Cl)cc1)c1ccc(Cl)cc1. The van der Waals surface area contributed by atoms with Crippen LogP contribution in [0.25, 0.3) is 0 Å². The summed E-state index contributed by atoms with van der Waals surface area (Å²) in [4.78, 5) is 40.1. The quantitative estimate of drug-likeness (QED) is 0.142. The second-order valence-corrected chi connectivity index (χ2v) is 22.1. The molecule has 0 bridgehead atoms. The Kier molecular flexibility index (Phi) is 12.4. The zero-order valence-electron chi connectivity index (χ0n) is 24.8. The molecule has 43 heavy (non-hydrogen) atoms. The third-order valence-corrected chi connectivity index (χ3v) is 7.94. The first-order chi connectivity index (χ1) is 20.1. The van der Waals surface area contributed by atoms with Gasteiger partial charge in [-0.3, -0.25) is 0 Å². The van der Waals surface area contributed by atoms with Crippen molar-refractivity contribution in [1.29, 1.82) is 0 Å². The number of anilines is 1. The molecule has 1 aliphatic heterocycles. The first kappa shape index (κ1) is 34.7. The molecule has 3 aromatic rings. The Bertz CT molecular complexity index is 1340. The van der Waals surface area contributed by atoms with Crippen molar-refractivity contribution in [3.63, 3.8) is 0 Å². The number of esters is 2. The van der Waals surface area contributed by atoms with E-state index in [2.05, 4.69) is 59.2 Å². The predicted octanol–water partition coefficient (Wildman–Crippen LogP) is 7.06. The highest BCUT2D eigenvalue weighted by atomic mass is 35.5. The fraction of sp³-hybridized carbons (Fsp3) is 0.393. The fourth-order valence-electron chi connectivity index (χ4n) is 3.56. The van der Waals surface area contributed by atoms with Crippen LogP contribution in [0.15, 0.2) is 54.9 Å². The summed E-state index contributed by atoms with van der Waals surface area (Å²) < 4.78 is 21.9. The molecule has 1 aromatic heterocycles. The maximum atomic E-state index is 12.3. The number of carbonyl (C=O) groups is 2. The van der Waals surface area contributed by atoms with Crippen molar-refractivity contribution in [2.75, 3.05) is 11.6 Å². The number of aromatic nitrogens is 3. The zero-order chi connectivity index (χ0) is 31.8. The van der Waals surface area contributed by atoms with E-state index in [4.69, 9.17) is 53.4 Å². The Hall–Kier alpha value is -2.75. The summed E-state index contributed by atoms with van der Waals surface area (Å²) in [5.74, 6) is -0.446. The Morgan fingerprint density at radius 3 is 2.00 bits per heavy atom. The molecule has 1 N–H and O–H groups in total. The van der Waals surface area contributed by atoms with Crippen molar-refractivity contribution >= 4 is 69.2 Å². The molecule has 3 atom stereocenters. The van der Waals surface area contributed by atoms with E-state index in [1.165, 1.54) is 6.33 Å². The van der Waals surface area contributed by atoms with Crippen LogP contribution in [0.4, 0.5) is 5.95 Å². The van der Waals surface area contributed by atoms with Gasteiger partial charge in [0.05, 0.1) is 11.1 Å². The zero-order valence-corrected chi connectivity index (χ0v) is 29.0. The summed E-state index contributed by atoms with van der Waals surface area (Å²) >= 11 is 17.6. The molecule has 4 rings (SSSR count). The molecule has 0 unspecified atom stereocenters. The molecular formula is C28H35Cl3N4O6Si2. The van der Waals surface area contributed by atoms with Crippen molar-refractivity contribution in [2.24, 2.45) is 0 Å². The molecule has 0 spiro atoms. The standard InChI is InChI=1S/C19H15Cl3O5.C9H20N4OSi2/c20-13-5-1-11(2-6-13)18(23)25-10-16-15(9-17(22)26-16)27-19(24)12-3-7-14(21)8-4-12;1-15(2,3)13-8-10-7-11-9(12-8)14-16(4,5)6/h1-8,15-17H,9-10H2;7H,1-6H3,(H,10,11,12,13)/t15-,16+,17-;/m0./s1. The van der Waals surface area contributed by atoms with Crippen LogP contribution in [0.2, 0.25) is 49.3 Å². The maximum absolute atomic E-state index is 12.3. The monoisotopic (exact) mass is 684 g/mol. The third kappa shape index (κ3) is 12.4. The van der Waals surface area contributed by atoms with Gasteiger partial charge in [0.2, 0.25) is 14.3 Å². The lowest BCUT2D eigenvalue weighted by molar-refractivity contribution is -0.0322. The van der Waals surface area contributed by atoms with Gasteiger partial charge in [0.15, 0.2) is 0 Å². The van der Waals surface area contributed by atoms with Gasteiger partial charge in [-0.1, -0.05) is 54.4 Å². The summed E-state index contributed by atoms with van der Waals surface area (Å²) in [6.45, 7) is 12.8. The topological polar surface area (TPSA) is 122 Å². The van der Waals surface area contributed by atoms with Crippen LogP contribution in [-0.4, -0.2) is 67.8 Å². The number of rotatable bonds is 9. The van der Waals surface area contributed by atoms with Gasteiger partial charge in [0.25, 0.3) is 0 Å². The molecule has 10 nitrogen and oxygen atoms in total. The molecule has 1 saturated heterocycles. The molecule has 0 aliphatic carbocycles. The number of alkyl halides is 1. The van der Waals surface area contributed by atoms with Crippen molar-refractivity contribution < 1.29 is 28.2 Å². The minimum absolute atomic E-state index is 0.0940. The van der Waals surface area contributed by atoms with Crippen LogP contribution in [0, 0.1) is 0 Å². The minimum atomic E-state index is -1.65. The average molecular weight is 686 g/mol. The summed E-state index contributed by atoms with van der Waals surface area (Å²) in [5, 5.41) is 1.04. The van der Waals surface area contributed by atoms with Gasteiger partial charge in [-0.05, 0) is 68.2 Å². The highest BCUT2D eigenvalue weighted by Crippen LogP contribution is 2.27. The number of hydrogen-bond donors (Lipinski definition) is 1. The van der Waals surface area contributed by atoms with Crippen LogP contribution in [0.1, 0.15) is 27.1 Å². The van der Waals surface area contributed by atoms with Gasteiger partial charge in [-0.15, -0.1) is 0 Å². The Labute approximate surface area is 268 Å². The molecule has 0 saturated carbocycles. The van der Waals surface area contributed by atoms with Gasteiger partial charge in [-0.25, -0.2) is 14.6 Å². The van der Waals surface area contributed by atoms with Crippen LogP contribution in [-0.2, 0) is 14.2 Å². The average Bonchev–Trinajstić information content (AvgIpc) is 3.25. The Balaban J connectivity index is 0.000000271. The first-order valence-electron chi connectivity index (χ1n) is 13.4. The highest BCUT2D eigenvalue weighted by molar-refractivity contribution is 6.79. The summed E-state index contributed by atoms with van der Waals surface area (Å²) in [6.07, 6.45) is 0.503. The second-order valence-electron chi connectivity index (χ2n) is 11.6. The predicted molar refractivity (Wildman–Crippen MR) is 172 cm³/mol. The van der Waals surface area contributed by atoms with E-state index < -0.39 is 46.3 Å². The lowest BCUT2D eigenvalue weighted by Crippen LogP contribution is -2.34.